The number of hydrogen-bond donors (Lipinski definition) is 1. The highest BCUT2D eigenvalue weighted by atomic mass is 31.2. The molecule has 0 atom stereocenters. The van der Waals surface area contributed by atoms with Crippen LogP contribution >= 0.6 is 7.29 Å². The Kier molecular flexibility index (Phi) is 3.80. The first-order chi connectivity index (χ1) is 10.3. The Hall–Kier alpha value is -2.45. The van der Waals surface area contributed by atoms with Crippen LogP contribution in [0.15, 0.2) is 79.1 Å². The summed E-state index contributed by atoms with van der Waals surface area (Å²) in [4.78, 5) is 8.24. The molecule has 5 heteroatoms. The molecule has 3 aromatic rings. The van der Waals surface area contributed by atoms with Crippen LogP contribution in [-0.4, -0.2) is 9.97 Å². The summed E-state index contributed by atoms with van der Waals surface area (Å²) < 4.78 is 13.6. The van der Waals surface area contributed by atoms with E-state index < -0.39 is 7.29 Å². The zero-order chi connectivity index (χ0) is 14.5. The monoisotopic (exact) mass is 295 g/mol. The molecule has 4 nitrogen and oxygen atoms in total. The fourth-order valence-corrected chi connectivity index (χ4v) is 4.19. The Morgan fingerprint density at radius 3 is 1.67 bits per heavy atom. The van der Waals surface area contributed by atoms with Gasteiger partial charge >= 0.3 is 0 Å². The molecular weight excluding hydrogens is 281 g/mol. The molecule has 1 N–H and O–H groups in total. The van der Waals surface area contributed by atoms with Crippen molar-refractivity contribution in [1.29, 1.82) is 0 Å². The zero-order valence-electron chi connectivity index (χ0n) is 11.3. The molecular formula is C16H14N3OP. The van der Waals surface area contributed by atoms with E-state index in [9.17, 15) is 4.57 Å². The van der Waals surface area contributed by atoms with Gasteiger partial charge in [-0.1, -0.05) is 36.4 Å². The van der Waals surface area contributed by atoms with Gasteiger partial charge in [0, 0.05) is 23.0 Å². The number of rotatable bonds is 4. The Balaban J connectivity index is 2.10. The lowest BCUT2D eigenvalue weighted by Crippen LogP contribution is -2.22. The quantitative estimate of drug-likeness (QED) is 0.752. The lowest BCUT2D eigenvalue weighted by molar-refractivity contribution is 0.590. The molecule has 0 aliphatic rings. The third kappa shape index (κ3) is 2.86. The van der Waals surface area contributed by atoms with E-state index in [0.29, 0.717) is 5.95 Å². The van der Waals surface area contributed by atoms with Crippen LogP contribution in [0.25, 0.3) is 0 Å². The lowest BCUT2D eigenvalue weighted by atomic mass is 10.4. The molecule has 21 heavy (non-hydrogen) atoms. The standard InChI is InChI=1S/C16H14N3OP/c20-21(14-8-3-1-4-9-14,15-10-5-2-6-11-15)19-16-17-12-7-13-18-16/h1-13H,(H,17,18,19,20). The van der Waals surface area contributed by atoms with Crippen LogP contribution in [0, 0.1) is 0 Å². The Labute approximate surface area is 123 Å². The molecule has 0 bridgehead atoms. The van der Waals surface area contributed by atoms with Crippen molar-refractivity contribution < 1.29 is 4.57 Å². The van der Waals surface area contributed by atoms with Gasteiger partial charge in [-0.25, -0.2) is 9.97 Å². The van der Waals surface area contributed by atoms with E-state index in [1.165, 1.54) is 0 Å². The van der Waals surface area contributed by atoms with Crippen LogP contribution in [0.4, 0.5) is 5.95 Å². The average molecular weight is 295 g/mol. The third-order valence-corrected chi connectivity index (χ3v) is 5.63. The molecule has 2 aromatic carbocycles. The number of aromatic nitrogens is 2. The number of hydrogen-bond acceptors (Lipinski definition) is 3. The van der Waals surface area contributed by atoms with Crippen molar-refractivity contribution >= 4 is 23.9 Å². The van der Waals surface area contributed by atoms with E-state index in [0.717, 1.165) is 10.6 Å². The molecule has 0 saturated heterocycles. The average Bonchev–Trinajstić information content (AvgIpc) is 2.57. The molecule has 1 heterocycles. The maximum atomic E-state index is 13.6. The normalized spacial score (nSPS) is 11.0. The summed E-state index contributed by atoms with van der Waals surface area (Å²) in [6.45, 7) is 0. The van der Waals surface area contributed by atoms with Gasteiger partial charge in [0.25, 0.3) is 0 Å². The van der Waals surface area contributed by atoms with E-state index in [1.807, 2.05) is 60.7 Å². The van der Waals surface area contributed by atoms with Gasteiger partial charge in [-0.15, -0.1) is 0 Å². The predicted octanol–water partition coefficient (Wildman–Crippen LogP) is 2.82. The summed E-state index contributed by atoms with van der Waals surface area (Å²) >= 11 is 0. The Morgan fingerprint density at radius 2 is 1.19 bits per heavy atom. The SMILES string of the molecule is O=P(Nc1ncccn1)(c1ccccc1)c1ccccc1. The van der Waals surface area contributed by atoms with Crippen molar-refractivity contribution in [2.24, 2.45) is 0 Å². The molecule has 0 spiro atoms. The molecule has 1 aromatic heterocycles. The van der Waals surface area contributed by atoms with Crippen LogP contribution in [0.3, 0.4) is 0 Å². The second-order valence-electron chi connectivity index (χ2n) is 4.46. The summed E-state index contributed by atoms with van der Waals surface area (Å²) in [6, 6.07) is 20.4. The smallest absolute Gasteiger partial charge is 0.229 e. The number of nitrogens with one attached hydrogen (secondary N) is 1. The minimum atomic E-state index is -3.02. The Bertz CT molecular complexity index is 705. The van der Waals surface area contributed by atoms with Crippen molar-refractivity contribution in [2.45, 2.75) is 0 Å². The van der Waals surface area contributed by atoms with Crippen LogP contribution in [0.1, 0.15) is 0 Å². The largest absolute Gasteiger partial charge is 0.298 e. The fourth-order valence-electron chi connectivity index (χ4n) is 2.05. The maximum absolute atomic E-state index is 13.6. The van der Waals surface area contributed by atoms with Gasteiger partial charge in [-0.3, -0.25) is 9.65 Å². The first-order valence-corrected chi connectivity index (χ1v) is 8.26. The van der Waals surface area contributed by atoms with Gasteiger partial charge in [-0.05, 0) is 30.3 Å². The minimum absolute atomic E-state index is 0.355. The predicted molar refractivity (Wildman–Crippen MR) is 85.4 cm³/mol. The van der Waals surface area contributed by atoms with Crippen LogP contribution in [-0.2, 0) is 4.57 Å². The topological polar surface area (TPSA) is 54.9 Å². The van der Waals surface area contributed by atoms with Gasteiger partial charge in [0.05, 0.1) is 0 Å². The van der Waals surface area contributed by atoms with E-state index in [2.05, 4.69) is 15.1 Å². The Morgan fingerprint density at radius 1 is 0.714 bits per heavy atom. The van der Waals surface area contributed by atoms with Gasteiger partial charge in [0.15, 0.2) is 0 Å². The third-order valence-electron chi connectivity index (χ3n) is 3.06. The van der Waals surface area contributed by atoms with Crippen molar-refractivity contribution in [3.63, 3.8) is 0 Å². The van der Waals surface area contributed by atoms with E-state index >= 15 is 0 Å². The van der Waals surface area contributed by atoms with Crippen LogP contribution in [0.5, 0.6) is 0 Å². The van der Waals surface area contributed by atoms with Gasteiger partial charge < -0.3 is 0 Å². The molecule has 0 aliphatic carbocycles. The van der Waals surface area contributed by atoms with E-state index in [-0.39, 0.29) is 0 Å². The highest BCUT2D eigenvalue weighted by molar-refractivity contribution is 7.80. The van der Waals surface area contributed by atoms with Crippen LogP contribution in [0.2, 0.25) is 0 Å². The highest BCUT2D eigenvalue weighted by Crippen LogP contribution is 2.42. The molecule has 0 aliphatic heterocycles. The first kappa shape index (κ1) is 13.5. The van der Waals surface area contributed by atoms with Crippen molar-refractivity contribution in [1.82, 2.24) is 9.97 Å². The maximum Gasteiger partial charge on any atom is 0.229 e. The van der Waals surface area contributed by atoms with E-state index in [4.69, 9.17) is 0 Å². The molecule has 0 fully saturated rings. The second kappa shape index (κ2) is 5.90. The summed E-state index contributed by atoms with van der Waals surface area (Å²) in [7, 11) is -3.02. The summed E-state index contributed by atoms with van der Waals surface area (Å²) in [5, 5.41) is 4.47. The molecule has 0 saturated carbocycles. The lowest BCUT2D eigenvalue weighted by Gasteiger charge is -2.20. The number of anilines is 1. The van der Waals surface area contributed by atoms with Crippen molar-refractivity contribution in [3.05, 3.63) is 79.1 Å². The summed E-state index contributed by atoms with van der Waals surface area (Å²) in [5.41, 5.74) is 0. The van der Waals surface area contributed by atoms with Gasteiger partial charge in [0.2, 0.25) is 13.2 Å². The second-order valence-corrected chi connectivity index (χ2v) is 6.94. The molecule has 0 radical (unpaired) electrons. The number of benzene rings is 2. The molecule has 104 valence electrons. The fraction of sp³-hybridized carbons (Fsp3) is 0. The van der Waals surface area contributed by atoms with Gasteiger partial charge in [0.1, 0.15) is 0 Å². The van der Waals surface area contributed by atoms with Gasteiger partial charge in [-0.2, -0.15) is 0 Å². The van der Waals surface area contributed by atoms with Crippen LogP contribution < -0.4 is 15.7 Å². The molecule has 0 amide bonds. The zero-order valence-corrected chi connectivity index (χ0v) is 12.1. The molecule has 3 rings (SSSR count). The van der Waals surface area contributed by atoms with Crippen molar-refractivity contribution in [3.8, 4) is 0 Å². The first-order valence-electron chi connectivity index (χ1n) is 6.56. The molecule has 0 unspecified atom stereocenters. The minimum Gasteiger partial charge on any atom is -0.298 e. The van der Waals surface area contributed by atoms with E-state index in [1.54, 1.807) is 18.5 Å². The summed E-state index contributed by atoms with van der Waals surface area (Å²) in [6.07, 6.45) is 3.24. The van der Waals surface area contributed by atoms with Crippen molar-refractivity contribution in [2.75, 3.05) is 5.09 Å². The highest BCUT2D eigenvalue weighted by Gasteiger charge is 2.27. The number of nitrogens with zero attached hydrogens (tertiary/aromatic N) is 2. The summed E-state index contributed by atoms with van der Waals surface area (Å²) in [5.74, 6) is 0.355.